The molecule has 0 aliphatic carbocycles. The molecule has 1 N–H and O–H groups in total. The first-order chi connectivity index (χ1) is 5.38. The van der Waals surface area contributed by atoms with Gasteiger partial charge in [-0.05, 0) is 0 Å². The van der Waals surface area contributed by atoms with Crippen LogP contribution >= 0.6 is 0 Å². The summed E-state index contributed by atoms with van der Waals surface area (Å²) in [6.45, 7) is 7.69. The Bertz CT molecular complexity index is 100. The molecule has 0 aromatic heterocycles. The summed E-state index contributed by atoms with van der Waals surface area (Å²) in [6.07, 6.45) is 0. The predicted octanol–water partition coefficient (Wildman–Crippen LogP) is 1.05. The molecule has 0 aromatic rings. The zero-order valence-corrected chi connectivity index (χ0v) is 8.75. The lowest BCUT2D eigenvalue weighted by Crippen LogP contribution is -2.46. The number of morpholine rings is 1. The van der Waals surface area contributed by atoms with Gasteiger partial charge in [0.2, 0.25) is 0 Å². The van der Waals surface area contributed by atoms with E-state index in [1.807, 2.05) is 0 Å². The number of hydrogen-bond acceptors (Lipinski definition) is 2. The quantitative estimate of drug-likeness (QED) is 0.641. The average molecular weight is 171 g/mol. The molecule has 1 saturated heterocycles. The molecule has 0 saturated carbocycles. The first kappa shape index (κ1) is 9.54. The first-order valence-corrected chi connectivity index (χ1v) is 7.00. The fourth-order valence-corrected chi connectivity index (χ4v) is 4.24. The molecule has 1 heterocycles. The van der Waals surface area contributed by atoms with E-state index in [1.54, 1.807) is 0 Å². The van der Waals surface area contributed by atoms with Gasteiger partial charge in [0.15, 0.2) is 0 Å². The number of hydrogen-bond donors (Lipinski definition) is 1. The van der Waals surface area contributed by atoms with E-state index >= 15 is 0 Å². The van der Waals surface area contributed by atoms with Gasteiger partial charge in [0.05, 0.1) is 6.61 Å². The Kier molecular flexibility index (Phi) is 4.48. The van der Waals surface area contributed by atoms with Crippen molar-refractivity contribution >= 4 is 14.1 Å². The minimum Gasteiger partial charge on any atom is -0.391 e. The molecule has 0 spiro atoms. The second-order valence-electron chi connectivity index (χ2n) is 3.19. The second-order valence-corrected chi connectivity index (χ2v) is 7.09. The van der Waals surface area contributed by atoms with Crippen LogP contribution in [0, 0.1) is 0 Å². The Morgan fingerprint density at radius 1 is 1.45 bits per heavy atom. The SMILES string of the molecule is C[CH2][Al]([CH2]C)[CH]1CNCCO1. The molecule has 0 radical (unpaired) electrons. The van der Waals surface area contributed by atoms with Crippen molar-refractivity contribution in [2.75, 3.05) is 19.7 Å². The summed E-state index contributed by atoms with van der Waals surface area (Å²) in [5.74, 6) is 0. The molecule has 0 aromatic carbocycles. The molecule has 1 rings (SSSR count). The van der Waals surface area contributed by atoms with Crippen LogP contribution in [0.15, 0.2) is 0 Å². The normalized spacial score (nSPS) is 25.1. The summed E-state index contributed by atoms with van der Waals surface area (Å²) in [4.78, 5) is 0.610. The van der Waals surface area contributed by atoms with Crippen LogP contribution < -0.4 is 5.32 Å². The van der Waals surface area contributed by atoms with E-state index in [0.717, 1.165) is 19.7 Å². The summed E-state index contributed by atoms with van der Waals surface area (Å²) < 4.78 is 5.72. The third kappa shape index (κ3) is 2.76. The van der Waals surface area contributed by atoms with Gasteiger partial charge in [-0.2, -0.15) is 0 Å². The minimum absolute atomic E-state index is 0.558. The molecule has 64 valence electrons. The molecule has 0 amide bonds. The van der Waals surface area contributed by atoms with Crippen LogP contribution in [0.1, 0.15) is 13.8 Å². The van der Waals surface area contributed by atoms with Gasteiger partial charge in [-0.15, -0.1) is 0 Å². The summed E-state index contributed by atoms with van der Waals surface area (Å²) in [6, 6.07) is 0. The van der Waals surface area contributed by atoms with Gasteiger partial charge >= 0.3 is 14.1 Å². The smallest absolute Gasteiger partial charge is 0.307 e. The van der Waals surface area contributed by atoms with E-state index in [2.05, 4.69) is 19.2 Å². The lowest BCUT2D eigenvalue weighted by atomic mass is 10.5. The van der Waals surface area contributed by atoms with Gasteiger partial charge in [0.25, 0.3) is 0 Å². The predicted molar refractivity (Wildman–Crippen MR) is 49.3 cm³/mol. The fourth-order valence-electron chi connectivity index (χ4n) is 1.70. The molecule has 2 nitrogen and oxygen atoms in total. The van der Waals surface area contributed by atoms with Crippen LogP contribution in [-0.2, 0) is 4.74 Å². The molecular formula is C8H18AlNO. The number of ether oxygens (including phenoxy) is 1. The molecule has 1 unspecified atom stereocenters. The zero-order chi connectivity index (χ0) is 8.10. The third-order valence-electron chi connectivity index (χ3n) is 2.53. The lowest BCUT2D eigenvalue weighted by molar-refractivity contribution is 0.0747. The van der Waals surface area contributed by atoms with E-state index < -0.39 is 14.1 Å². The van der Waals surface area contributed by atoms with Crippen molar-refractivity contribution in [3.63, 3.8) is 0 Å². The molecule has 1 aliphatic heterocycles. The van der Waals surface area contributed by atoms with E-state index in [-0.39, 0.29) is 0 Å². The maximum atomic E-state index is 5.72. The Hall–Kier alpha value is 0.452. The lowest BCUT2D eigenvalue weighted by Gasteiger charge is -2.27. The van der Waals surface area contributed by atoms with E-state index in [1.165, 1.54) is 10.6 Å². The zero-order valence-electron chi connectivity index (χ0n) is 7.60. The highest BCUT2D eigenvalue weighted by Gasteiger charge is 2.26. The Balaban J connectivity index is 2.30. The van der Waals surface area contributed by atoms with E-state index in [9.17, 15) is 0 Å². The van der Waals surface area contributed by atoms with Crippen LogP contribution in [0.4, 0.5) is 0 Å². The number of nitrogens with one attached hydrogen (secondary N) is 1. The molecular weight excluding hydrogens is 153 g/mol. The molecule has 1 fully saturated rings. The maximum Gasteiger partial charge on any atom is 0.307 e. The highest BCUT2D eigenvalue weighted by molar-refractivity contribution is 6.60. The summed E-state index contributed by atoms with van der Waals surface area (Å²) in [7, 11) is 0. The van der Waals surface area contributed by atoms with Crippen LogP contribution in [-0.4, -0.2) is 38.8 Å². The average Bonchev–Trinajstić information content (AvgIpc) is 2.09. The Morgan fingerprint density at radius 2 is 2.18 bits per heavy atom. The van der Waals surface area contributed by atoms with Gasteiger partial charge in [-0.25, -0.2) is 0 Å². The maximum absolute atomic E-state index is 5.72. The molecule has 1 atom stereocenters. The van der Waals surface area contributed by atoms with Crippen molar-refractivity contribution in [3.8, 4) is 0 Å². The third-order valence-corrected chi connectivity index (χ3v) is 6.11. The molecule has 1 aliphatic rings. The van der Waals surface area contributed by atoms with Crippen molar-refractivity contribution in [1.29, 1.82) is 0 Å². The largest absolute Gasteiger partial charge is 0.391 e. The van der Waals surface area contributed by atoms with Gasteiger partial charge in [-0.3, -0.25) is 0 Å². The van der Waals surface area contributed by atoms with Gasteiger partial charge in [0.1, 0.15) is 0 Å². The van der Waals surface area contributed by atoms with E-state index in [4.69, 9.17) is 4.74 Å². The van der Waals surface area contributed by atoms with Crippen LogP contribution in [0.2, 0.25) is 10.6 Å². The minimum atomic E-state index is -0.558. The second kappa shape index (κ2) is 5.16. The van der Waals surface area contributed by atoms with Crippen LogP contribution in [0.5, 0.6) is 0 Å². The Labute approximate surface area is 73.7 Å². The topological polar surface area (TPSA) is 21.3 Å². The molecule has 0 bridgehead atoms. The number of rotatable bonds is 3. The fraction of sp³-hybridized carbons (Fsp3) is 1.00. The highest BCUT2D eigenvalue weighted by Crippen LogP contribution is 2.08. The monoisotopic (exact) mass is 171 g/mol. The van der Waals surface area contributed by atoms with Gasteiger partial charge < -0.3 is 10.1 Å². The summed E-state index contributed by atoms with van der Waals surface area (Å²) in [5.41, 5.74) is 0. The van der Waals surface area contributed by atoms with Gasteiger partial charge in [-0.1, -0.05) is 24.4 Å². The summed E-state index contributed by atoms with van der Waals surface area (Å²) >= 11 is -0.558. The van der Waals surface area contributed by atoms with Crippen LogP contribution in [0.3, 0.4) is 0 Å². The van der Waals surface area contributed by atoms with Crippen molar-refractivity contribution in [3.05, 3.63) is 0 Å². The van der Waals surface area contributed by atoms with Crippen molar-refractivity contribution in [2.45, 2.75) is 29.4 Å². The highest BCUT2D eigenvalue weighted by atomic mass is 27.2. The van der Waals surface area contributed by atoms with Crippen molar-refractivity contribution < 1.29 is 4.74 Å². The summed E-state index contributed by atoms with van der Waals surface area (Å²) in [5, 5.41) is 6.15. The molecule has 3 heteroatoms. The van der Waals surface area contributed by atoms with Gasteiger partial charge in [0, 0.05) is 18.1 Å². The Morgan fingerprint density at radius 3 is 2.64 bits per heavy atom. The van der Waals surface area contributed by atoms with Crippen LogP contribution in [0.25, 0.3) is 0 Å². The first-order valence-electron chi connectivity index (χ1n) is 4.70. The van der Waals surface area contributed by atoms with E-state index in [0.29, 0.717) is 4.97 Å². The molecule has 11 heavy (non-hydrogen) atoms. The van der Waals surface area contributed by atoms with Crippen molar-refractivity contribution in [2.24, 2.45) is 0 Å². The van der Waals surface area contributed by atoms with Crippen molar-refractivity contribution in [1.82, 2.24) is 5.32 Å². The standard InChI is InChI=1S/C4H8NO.2C2H5.Al/c1-3-6-4-2-5-1;2*1-2;/h3,5H,1-2,4H2;2*1H2,2H3;.